The van der Waals surface area contributed by atoms with Crippen molar-refractivity contribution >= 4 is 9.24 Å². The van der Waals surface area contributed by atoms with Gasteiger partial charge < -0.3 is 39.4 Å². The average Bonchev–Trinajstić information content (AvgIpc) is 3.28. The van der Waals surface area contributed by atoms with E-state index in [1.54, 1.807) is 0 Å². The Labute approximate surface area is 298 Å². The fraction of sp³-hybridized carbons (Fsp3) is 0.950. The van der Waals surface area contributed by atoms with Crippen molar-refractivity contribution in [3.8, 4) is 0 Å². The smallest absolute Gasteiger partial charge is 0.183 e. The van der Waals surface area contributed by atoms with E-state index in [9.17, 15) is 20.4 Å². The zero-order chi connectivity index (χ0) is 35.6. The highest BCUT2D eigenvalue weighted by atomic mass is 31.0. The van der Waals surface area contributed by atoms with Crippen LogP contribution in [-0.4, -0.2) is 87.5 Å². The Balaban J connectivity index is 1.11. The lowest BCUT2D eigenvalue weighted by Gasteiger charge is -2.66. The van der Waals surface area contributed by atoms with Crippen LogP contribution >= 0.6 is 9.24 Å². The molecule has 4 N–H and O–H groups in total. The van der Waals surface area contributed by atoms with Crippen LogP contribution in [0, 0.1) is 39.9 Å². The van der Waals surface area contributed by atoms with Gasteiger partial charge >= 0.3 is 0 Å². The van der Waals surface area contributed by atoms with Crippen molar-refractivity contribution in [3.05, 3.63) is 11.6 Å². The molecule has 2 saturated heterocycles. The third-order valence-electron chi connectivity index (χ3n) is 15.1. The first-order chi connectivity index (χ1) is 22.9. The Morgan fingerprint density at radius 2 is 1.73 bits per heavy atom. The lowest BCUT2D eigenvalue weighted by Crippen LogP contribution is -2.60. The molecule has 8 nitrogen and oxygen atoms in total. The van der Waals surface area contributed by atoms with Crippen LogP contribution in [0.4, 0.5) is 0 Å². The number of rotatable bonds is 10. The first kappa shape index (κ1) is 38.6. The summed E-state index contributed by atoms with van der Waals surface area (Å²) in [5.41, 5.74) is 1.90. The van der Waals surface area contributed by atoms with E-state index in [-0.39, 0.29) is 42.4 Å². The van der Waals surface area contributed by atoms with E-state index < -0.39 is 36.5 Å². The van der Waals surface area contributed by atoms with E-state index in [2.05, 4.69) is 49.9 Å². The minimum Gasteiger partial charge on any atom is -0.393 e. The number of ether oxygens (including phenoxy) is 4. The van der Waals surface area contributed by atoms with Gasteiger partial charge in [0.15, 0.2) is 12.6 Å². The summed E-state index contributed by atoms with van der Waals surface area (Å²) in [7, 11) is 3.19. The SMILES string of the molecule is C[C@H](CCCC(C)(C)O)C1CC[C@@]2(C)C3CC=C4C(CC[C@H](O[C@H]5C[C@@H](O)C[C@@H](CO[C@H]6OC[C@@H](O)C[C@H]6O)O5)[C@@]4(C)P)[C@]3(C)CC[C@]12C. The number of hydrogen-bond acceptors (Lipinski definition) is 8. The van der Waals surface area contributed by atoms with Crippen molar-refractivity contribution in [2.24, 2.45) is 39.9 Å². The van der Waals surface area contributed by atoms with E-state index >= 15 is 0 Å². The van der Waals surface area contributed by atoms with Gasteiger partial charge in [0.05, 0.1) is 43.2 Å². The maximum atomic E-state index is 10.8. The predicted molar refractivity (Wildman–Crippen MR) is 194 cm³/mol. The zero-order valence-electron chi connectivity index (χ0n) is 31.5. The van der Waals surface area contributed by atoms with Crippen LogP contribution in [-0.2, 0) is 18.9 Å². The number of allylic oxidation sites excluding steroid dienone is 1. The van der Waals surface area contributed by atoms with Crippen LogP contribution in [0.15, 0.2) is 11.6 Å². The largest absolute Gasteiger partial charge is 0.393 e. The van der Waals surface area contributed by atoms with Gasteiger partial charge in [0.25, 0.3) is 0 Å². The van der Waals surface area contributed by atoms with E-state index in [1.807, 2.05) is 13.8 Å². The maximum Gasteiger partial charge on any atom is 0.183 e. The molecule has 0 amide bonds. The van der Waals surface area contributed by atoms with Crippen LogP contribution in [0.2, 0.25) is 0 Å². The van der Waals surface area contributed by atoms with Gasteiger partial charge in [0.2, 0.25) is 0 Å². The second-order valence-corrected chi connectivity index (χ2v) is 20.2. The van der Waals surface area contributed by atoms with Crippen LogP contribution in [0.1, 0.15) is 132 Å². The molecule has 4 aliphatic carbocycles. The molecule has 2 aliphatic heterocycles. The summed E-state index contributed by atoms with van der Waals surface area (Å²) in [4.78, 5) is 0. The Kier molecular flexibility index (Phi) is 11.2. The second kappa shape index (κ2) is 14.3. The Morgan fingerprint density at radius 1 is 0.980 bits per heavy atom. The summed E-state index contributed by atoms with van der Waals surface area (Å²) in [6.07, 6.45) is 11.5. The molecule has 0 radical (unpaired) electrons. The molecule has 16 atom stereocenters. The summed E-state index contributed by atoms with van der Waals surface area (Å²) >= 11 is 0. The Morgan fingerprint density at radius 3 is 2.45 bits per heavy atom. The van der Waals surface area contributed by atoms with Crippen LogP contribution in [0.5, 0.6) is 0 Å². The molecule has 0 aromatic carbocycles. The molecule has 3 saturated carbocycles. The molecule has 282 valence electrons. The molecule has 6 aliphatic rings. The van der Waals surface area contributed by atoms with Gasteiger partial charge in [0, 0.05) is 24.4 Å². The van der Waals surface area contributed by atoms with Gasteiger partial charge in [-0.1, -0.05) is 52.2 Å². The molecule has 9 heteroatoms. The lowest BCUT2D eigenvalue weighted by molar-refractivity contribution is -0.275. The molecule has 5 fully saturated rings. The second-order valence-electron chi connectivity index (χ2n) is 19.0. The number of aliphatic hydroxyl groups is 4. The molecule has 0 spiro atoms. The molecule has 49 heavy (non-hydrogen) atoms. The number of aliphatic hydroxyl groups excluding tert-OH is 3. The Bertz CT molecular complexity index is 1190. The molecule has 4 unspecified atom stereocenters. The molecule has 0 aromatic heterocycles. The predicted octanol–water partition coefficient (Wildman–Crippen LogP) is 6.51. The fourth-order valence-electron chi connectivity index (χ4n) is 12.2. The zero-order valence-corrected chi connectivity index (χ0v) is 32.7. The van der Waals surface area contributed by atoms with Gasteiger partial charge in [-0.3, -0.25) is 0 Å². The van der Waals surface area contributed by atoms with Gasteiger partial charge in [-0.15, -0.1) is 9.24 Å². The van der Waals surface area contributed by atoms with E-state index in [1.165, 1.54) is 37.7 Å². The highest BCUT2D eigenvalue weighted by Crippen LogP contribution is 2.75. The average molecular weight is 709 g/mol. The molecule has 6 rings (SSSR count). The summed E-state index contributed by atoms with van der Waals surface area (Å²) in [6, 6.07) is 0. The van der Waals surface area contributed by atoms with Crippen molar-refractivity contribution in [1.29, 1.82) is 0 Å². The topological polar surface area (TPSA) is 118 Å². The normalized spacial score (nSPS) is 49.4. The van der Waals surface area contributed by atoms with Gasteiger partial charge in [-0.2, -0.15) is 0 Å². The third kappa shape index (κ3) is 7.37. The van der Waals surface area contributed by atoms with Crippen molar-refractivity contribution in [3.63, 3.8) is 0 Å². The number of hydrogen-bond donors (Lipinski definition) is 4. The minimum absolute atomic E-state index is 0.0351. The van der Waals surface area contributed by atoms with Gasteiger partial charge in [0.1, 0.15) is 6.10 Å². The fourth-order valence-corrected chi connectivity index (χ4v) is 12.7. The van der Waals surface area contributed by atoms with E-state index in [0.29, 0.717) is 41.4 Å². The maximum absolute atomic E-state index is 10.8. The van der Waals surface area contributed by atoms with Crippen LogP contribution in [0.3, 0.4) is 0 Å². The Hall–Kier alpha value is -0.150. The van der Waals surface area contributed by atoms with Gasteiger partial charge in [-0.25, -0.2) is 0 Å². The summed E-state index contributed by atoms with van der Waals surface area (Å²) in [5.74, 6) is 2.65. The number of fused-ring (bicyclic) bond motifs is 5. The molecular formula is C40H69O8P. The van der Waals surface area contributed by atoms with Gasteiger partial charge in [-0.05, 0) is 112 Å². The van der Waals surface area contributed by atoms with Crippen molar-refractivity contribution in [2.75, 3.05) is 13.2 Å². The highest BCUT2D eigenvalue weighted by molar-refractivity contribution is 7.19. The van der Waals surface area contributed by atoms with Crippen molar-refractivity contribution in [2.45, 2.75) is 186 Å². The van der Waals surface area contributed by atoms with Crippen molar-refractivity contribution in [1.82, 2.24) is 0 Å². The highest BCUT2D eigenvalue weighted by Gasteiger charge is 2.67. The molecular weight excluding hydrogens is 639 g/mol. The molecule has 2 heterocycles. The molecule has 0 aromatic rings. The summed E-state index contributed by atoms with van der Waals surface area (Å²) in [5, 5.41) is 40.8. The summed E-state index contributed by atoms with van der Waals surface area (Å²) in [6.45, 7) is 16.9. The van der Waals surface area contributed by atoms with E-state index in [0.717, 1.165) is 38.0 Å². The minimum atomic E-state index is -0.892. The lowest BCUT2D eigenvalue weighted by atomic mass is 9.39. The quantitative estimate of drug-likeness (QED) is 0.150. The molecule has 0 bridgehead atoms. The van der Waals surface area contributed by atoms with Crippen LogP contribution < -0.4 is 0 Å². The monoisotopic (exact) mass is 708 g/mol. The standard InChI is InChI=1S/C40H69O8P/c1-24(9-8-15-36(2,3)44)28-14-16-39(6)32-12-10-30-29(37(32,4)17-18-38(28,39)5)11-13-33(40(30,7)49)48-34-21-25(41)19-27(47-34)23-46-35-31(43)20-26(42)22-45-35/h10,24-29,31-35,41-44H,8-9,11-23,49H2,1-7H3/t24-,25+,26+,27+,28?,29?,31-,32?,33+,34+,35-,37+,38-,39+,40+/m1/s1. The first-order valence-electron chi connectivity index (χ1n) is 19.7. The summed E-state index contributed by atoms with van der Waals surface area (Å²) < 4.78 is 24.4. The third-order valence-corrected chi connectivity index (χ3v) is 15.8. The van der Waals surface area contributed by atoms with E-state index in [4.69, 9.17) is 18.9 Å². The van der Waals surface area contributed by atoms with Crippen molar-refractivity contribution < 1.29 is 39.4 Å². The van der Waals surface area contributed by atoms with Crippen LogP contribution in [0.25, 0.3) is 0 Å². The first-order valence-corrected chi connectivity index (χ1v) is 20.3.